The number of hydrogen-bond donors (Lipinski definition) is 1. The maximum absolute atomic E-state index is 11.6. The van der Waals surface area contributed by atoms with E-state index in [0.29, 0.717) is 18.5 Å². The molecule has 5 heteroatoms. The molecule has 2 N–H and O–H groups in total. The molecule has 1 aromatic heterocycles. The molecule has 18 heavy (non-hydrogen) atoms. The van der Waals surface area contributed by atoms with E-state index in [4.69, 9.17) is 10.5 Å². The van der Waals surface area contributed by atoms with Gasteiger partial charge in [0, 0.05) is 6.04 Å². The Bertz CT molecular complexity index is 424. The second kappa shape index (κ2) is 5.42. The van der Waals surface area contributed by atoms with Gasteiger partial charge in [0.1, 0.15) is 5.82 Å². The lowest BCUT2D eigenvalue weighted by atomic mass is 10.1. The van der Waals surface area contributed by atoms with Gasteiger partial charge in [0.2, 0.25) is 0 Å². The van der Waals surface area contributed by atoms with Crippen LogP contribution >= 0.6 is 0 Å². The van der Waals surface area contributed by atoms with E-state index in [0.717, 1.165) is 18.8 Å². The minimum atomic E-state index is -0.435. The number of carbonyl (C=O) groups excluding carboxylic acids is 1. The molecule has 2 rings (SSSR count). The monoisotopic (exact) mass is 251 g/mol. The Balaban J connectivity index is 2.14. The largest absolute Gasteiger partial charge is 0.461 e. The molecule has 1 fully saturated rings. The van der Waals surface area contributed by atoms with Gasteiger partial charge in [0.05, 0.1) is 12.9 Å². The van der Waals surface area contributed by atoms with E-state index in [1.54, 1.807) is 13.3 Å². The number of carbonyl (C=O) groups is 1. The third kappa shape index (κ3) is 2.66. The maximum Gasteiger partial charge on any atom is 0.360 e. The standard InChI is InChI=1S/C13H21N3O2/c1-3-10(7-9-5-6-9)16-8-15-11(12(16)14)13(17)18-4-2/h8-10H,3-7,14H2,1-2H3. The van der Waals surface area contributed by atoms with Crippen molar-refractivity contribution < 1.29 is 9.53 Å². The quantitative estimate of drug-likeness (QED) is 0.788. The summed E-state index contributed by atoms with van der Waals surface area (Å²) in [6, 6.07) is 0.341. The molecule has 0 bridgehead atoms. The van der Waals surface area contributed by atoms with Gasteiger partial charge in [-0.15, -0.1) is 0 Å². The van der Waals surface area contributed by atoms with Gasteiger partial charge in [0.25, 0.3) is 0 Å². The highest BCUT2D eigenvalue weighted by Crippen LogP contribution is 2.38. The fourth-order valence-corrected chi connectivity index (χ4v) is 2.23. The molecule has 1 unspecified atom stereocenters. The molecule has 1 aliphatic rings. The van der Waals surface area contributed by atoms with Gasteiger partial charge in [-0.1, -0.05) is 19.8 Å². The van der Waals surface area contributed by atoms with Gasteiger partial charge in [0.15, 0.2) is 5.69 Å². The Morgan fingerprint density at radius 1 is 1.61 bits per heavy atom. The molecule has 0 saturated heterocycles. The molecule has 0 spiro atoms. The van der Waals surface area contributed by atoms with Crippen LogP contribution < -0.4 is 5.73 Å². The van der Waals surface area contributed by atoms with E-state index in [1.165, 1.54) is 12.8 Å². The van der Waals surface area contributed by atoms with Crippen LogP contribution in [0, 0.1) is 5.92 Å². The maximum atomic E-state index is 11.6. The summed E-state index contributed by atoms with van der Waals surface area (Å²) in [4.78, 5) is 15.7. The molecular formula is C13H21N3O2. The normalized spacial score (nSPS) is 16.6. The zero-order valence-corrected chi connectivity index (χ0v) is 11.1. The van der Waals surface area contributed by atoms with Gasteiger partial charge in [-0.25, -0.2) is 9.78 Å². The van der Waals surface area contributed by atoms with Crippen LogP contribution in [0.5, 0.6) is 0 Å². The van der Waals surface area contributed by atoms with E-state index in [-0.39, 0.29) is 5.69 Å². The molecule has 1 heterocycles. The summed E-state index contributed by atoms with van der Waals surface area (Å²) in [6.45, 7) is 4.24. The molecular weight excluding hydrogens is 230 g/mol. The van der Waals surface area contributed by atoms with Crippen LogP contribution in [0.15, 0.2) is 6.33 Å². The number of rotatable bonds is 6. The van der Waals surface area contributed by atoms with Crippen LogP contribution in [0.2, 0.25) is 0 Å². The second-order valence-electron chi connectivity index (χ2n) is 4.85. The molecule has 1 aromatic rings. The van der Waals surface area contributed by atoms with Crippen molar-refractivity contribution in [3.05, 3.63) is 12.0 Å². The Hall–Kier alpha value is -1.52. The van der Waals surface area contributed by atoms with Crippen LogP contribution in [0.4, 0.5) is 5.82 Å². The van der Waals surface area contributed by atoms with Crippen molar-refractivity contribution in [1.29, 1.82) is 0 Å². The first kappa shape index (κ1) is 12.9. The zero-order chi connectivity index (χ0) is 13.1. The number of nitrogens with two attached hydrogens (primary N) is 1. The fraction of sp³-hybridized carbons (Fsp3) is 0.692. The van der Waals surface area contributed by atoms with Gasteiger partial charge in [-0.2, -0.15) is 0 Å². The van der Waals surface area contributed by atoms with Crippen molar-refractivity contribution in [2.24, 2.45) is 5.92 Å². The summed E-state index contributed by atoms with van der Waals surface area (Å²) in [6.07, 6.45) is 6.42. The first-order chi connectivity index (χ1) is 8.67. The van der Waals surface area contributed by atoms with Crippen LogP contribution in [0.3, 0.4) is 0 Å². The molecule has 0 aromatic carbocycles. The fourth-order valence-electron chi connectivity index (χ4n) is 2.23. The van der Waals surface area contributed by atoms with E-state index in [2.05, 4.69) is 11.9 Å². The Labute approximate surface area is 107 Å². The molecule has 0 radical (unpaired) electrons. The molecule has 1 aliphatic carbocycles. The number of aromatic nitrogens is 2. The summed E-state index contributed by atoms with van der Waals surface area (Å²) in [7, 11) is 0. The number of esters is 1. The number of nitrogens with zero attached hydrogens (tertiary/aromatic N) is 2. The Kier molecular flexibility index (Phi) is 3.89. The lowest BCUT2D eigenvalue weighted by molar-refractivity contribution is 0.0521. The van der Waals surface area contributed by atoms with Gasteiger partial charge < -0.3 is 15.0 Å². The highest BCUT2D eigenvalue weighted by molar-refractivity contribution is 5.92. The summed E-state index contributed by atoms with van der Waals surface area (Å²) in [5.41, 5.74) is 6.25. The average Bonchev–Trinajstić information content (AvgIpc) is 3.09. The Morgan fingerprint density at radius 2 is 2.33 bits per heavy atom. The summed E-state index contributed by atoms with van der Waals surface area (Å²) >= 11 is 0. The van der Waals surface area contributed by atoms with Crippen LogP contribution in [-0.2, 0) is 4.74 Å². The molecule has 1 saturated carbocycles. The number of anilines is 1. The van der Waals surface area contributed by atoms with E-state index < -0.39 is 5.97 Å². The van der Waals surface area contributed by atoms with E-state index in [9.17, 15) is 4.79 Å². The number of ether oxygens (including phenoxy) is 1. The van der Waals surface area contributed by atoms with Crippen molar-refractivity contribution in [3.8, 4) is 0 Å². The zero-order valence-electron chi connectivity index (χ0n) is 11.1. The Morgan fingerprint density at radius 3 is 2.89 bits per heavy atom. The van der Waals surface area contributed by atoms with E-state index in [1.807, 2.05) is 4.57 Å². The molecule has 100 valence electrons. The van der Waals surface area contributed by atoms with E-state index >= 15 is 0 Å². The number of nitrogen functional groups attached to an aromatic ring is 1. The van der Waals surface area contributed by atoms with Crippen molar-refractivity contribution in [3.63, 3.8) is 0 Å². The third-order valence-electron chi connectivity index (χ3n) is 3.47. The van der Waals surface area contributed by atoms with Crippen molar-refractivity contribution in [2.45, 2.75) is 45.6 Å². The molecule has 0 amide bonds. The molecule has 5 nitrogen and oxygen atoms in total. The van der Waals surface area contributed by atoms with Crippen LogP contribution in [0.25, 0.3) is 0 Å². The highest BCUT2D eigenvalue weighted by atomic mass is 16.5. The first-order valence-electron chi connectivity index (χ1n) is 6.66. The topological polar surface area (TPSA) is 70.1 Å². The van der Waals surface area contributed by atoms with Crippen molar-refractivity contribution in [1.82, 2.24) is 9.55 Å². The summed E-state index contributed by atoms with van der Waals surface area (Å²) < 4.78 is 6.86. The summed E-state index contributed by atoms with van der Waals surface area (Å²) in [5, 5.41) is 0. The SMILES string of the molecule is CCOC(=O)c1ncn(C(CC)CC2CC2)c1N. The minimum absolute atomic E-state index is 0.242. The van der Waals surface area contributed by atoms with Gasteiger partial charge in [-0.3, -0.25) is 0 Å². The van der Waals surface area contributed by atoms with Crippen LogP contribution in [-0.4, -0.2) is 22.1 Å². The minimum Gasteiger partial charge on any atom is -0.461 e. The lowest BCUT2D eigenvalue weighted by Crippen LogP contribution is -2.13. The van der Waals surface area contributed by atoms with Crippen molar-refractivity contribution >= 4 is 11.8 Å². The second-order valence-corrected chi connectivity index (χ2v) is 4.85. The molecule has 1 atom stereocenters. The highest BCUT2D eigenvalue weighted by Gasteiger charge is 2.27. The van der Waals surface area contributed by atoms with Gasteiger partial charge in [-0.05, 0) is 25.7 Å². The predicted molar refractivity (Wildman–Crippen MR) is 69.3 cm³/mol. The van der Waals surface area contributed by atoms with Crippen LogP contribution in [0.1, 0.15) is 56.1 Å². The molecule has 0 aliphatic heterocycles. The number of imidazole rings is 1. The predicted octanol–water partition coefficient (Wildman–Crippen LogP) is 2.39. The summed E-state index contributed by atoms with van der Waals surface area (Å²) in [5.74, 6) is 0.818. The first-order valence-corrected chi connectivity index (χ1v) is 6.66. The lowest BCUT2D eigenvalue weighted by Gasteiger charge is -2.17. The average molecular weight is 251 g/mol. The number of hydrogen-bond acceptors (Lipinski definition) is 4. The smallest absolute Gasteiger partial charge is 0.360 e. The van der Waals surface area contributed by atoms with Crippen molar-refractivity contribution in [2.75, 3.05) is 12.3 Å². The van der Waals surface area contributed by atoms with Gasteiger partial charge >= 0.3 is 5.97 Å². The third-order valence-corrected chi connectivity index (χ3v) is 3.47.